The van der Waals surface area contributed by atoms with Crippen LogP contribution in [0.15, 0.2) is 22.7 Å². The van der Waals surface area contributed by atoms with E-state index in [4.69, 9.17) is 4.74 Å². The lowest BCUT2D eigenvalue weighted by Gasteiger charge is -2.35. The number of rotatable bonds is 3. The number of hydrogen-bond acceptors (Lipinski definition) is 3. The maximum Gasteiger partial charge on any atom is 0.308 e. The molecule has 0 atom stereocenters. The van der Waals surface area contributed by atoms with Crippen molar-refractivity contribution < 1.29 is 14.3 Å². The summed E-state index contributed by atoms with van der Waals surface area (Å²) in [6.07, 6.45) is 0.172. The lowest BCUT2D eigenvalue weighted by molar-refractivity contribution is -0.157. The molecule has 0 radical (unpaired) electrons. The highest BCUT2D eigenvalue weighted by molar-refractivity contribution is 9.10. The Bertz CT molecular complexity index is 617. The van der Waals surface area contributed by atoms with Gasteiger partial charge in [-0.2, -0.15) is 0 Å². The lowest BCUT2D eigenvalue weighted by Crippen LogP contribution is -2.46. The van der Waals surface area contributed by atoms with Gasteiger partial charge in [0.1, 0.15) is 5.60 Å². The summed E-state index contributed by atoms with van der Waals surface area (Å²) >= 11 is 3.42. The van der Waals surface area contributed by atoms with Crippen LogP contribution in [0.4, 0.5) is 0 Å². The molecule has 0 fully saturated rings. The Morgan fingerprint density at radius 3 is 2.50 bits per heavy atom. The first-order valence-corrected chi connectivity index (χ1v) is 8.11. The summed E-state index contributed by atoms with van der Waals surface area (Å²) in [6.45, 7) is 9.83. The minimum Gasteiger partial charge on any atom is -0.460 e. The van der Waals surface area contributed by atoms with Gasteiger partial charge in [-0.1, -0.05) is 15.9 Å². The molecular formula is C17H22BrNO3. The molecule has 1 heterocycles. The fourth-order valence-electron chi connectivity index (χ4n) is 2.60. The van der Waals surface area contributed by atoms with E-state index >= 15 is 0 Å². The first kappa shape index (κ1) is 17.0. The molecule has 22 heavy (non-hydrogen) atoms. The quantitative estimate of drug-likeness (QED) is 0.760. The van der Waals surface area contributed by atoms with E-state index in [1.54, 1.807) is 4.90 Å². The van der Waals surface area contributed by atoms with Crippen molar-refractivity contribution in [3.63, 3.8) is 0 Å². The van der Waals surface area contributed by atoms with E-state index in [-0.39, 0.29) is 18.3 Å². The first-order chi connectivity index (χ1) is 9.99. The number of halogens is 1. The number of amides is 1. The molecule has 1 aromatic rings. The van der Waals surface area contributed by atoms with Crippen LogP contribution in [-0.2, 0) is 16.1 Å². The van der Waals surface area contributed by atoms with Gasteiger partial charge in [-0.15, -0.1) is 0 Å². The molecule has 5 heteroatoms. The van der Waals surface area contributed by atoms with Crippen molar-refractivity contribution in [3.8, 4) is 0 Å². The highest BCUT2D eigenvalue weighted by Crippen LogP contribution is 2.33. The zero-order valence-electron chi connectivity index (χ0n) is 13.7. The highest BCUT2D eigenvalue weighted by Gasteiger charge is 2.39. The standard InChI is InChI=1S/C17H22BrNO3/c1-16(2,3)22-14(20)9-17(4,5)19-10-11-8-12(18)6-7-13(11)15(19)21/h6-8H,9-10H2,1-5H3. The normalized spacial score (nSPS) is 15.0. The van der Waals surface area contributed by atoms with E-state index in [2.05, 4.69) is 15.9 Å². The molecule has 0 N–H and O–H groups in total. The third kappa shape index (κ3) is 3.69. The number of fused-ring (bicyclic) bond motifs is 1. The van der Waals surface area contributed by atoms with Crippen LogP contribution in [0.3, 0.4) is 0 Å². The van der Waals surface area contributed by atoms with Crippen LogP contribution in [-0.4, -0.2) is 27.9 Å². The molecule has 1 aliphatic heterocycles. The van der Waals surface area contributed by atoms with Crippen LogP contribution < -0.4 is 0 Å². The van der Waals surface area contributed by atoms with Crippen LogP contribution in [0.5, 0.6) is 0 Å². The summed E-state index contributed by atoms with van der Waals surface area (Å²) in [5, 5.41) is 0. The average molecular weight is 368 g/mol. The van der Waals surface area contributed by atoms with E-state index in [1.807, 2.05) is 52.8 Å². The Balaban J connectivity index is 2.15. The Hall–Kier alpha value is -1.36. The summed E-state index contributed by atoms with van der Waals surface area (Å²) < 4.78 is 6.33. The van der Waals surface area contributed by atoms with E-state index in [1.165, 1.54) is 0 Å². The van der Waals surface area contributed by atoms with Crippen LogP contribution in [0.1, 0.15) is 57.0 Å². The molecule has 0 bridgehead atoms. The minimum atomic E-state index is -0.592. The Morgan fingerprint density at radius 2 is 1.91 bits per heavy atom. The molecule has 0 unspecified atom stereocenters. The lowest BCUT2D eigenvalue weighted by atomic mass is 9.98. The smallest absolute Gasteiger partial charge is 0.308 e. The number of carbonyl (C=O) groups is 2. The van der Waals surface area contributed by atoms with E-state index in [0.717, 1.165) is 10.0 Å². The third-order valence-electron chi connectivity index (χ3n) is 3.60. The topological polar surface area (TPSA) is 46.6 Å². The van der Waals surface area contributed by atoms with E-state index < -0.39 is 11.1 Å². The van der Waals surface area contributed by atoms with Crippen LogP contribution in [0, 0.1) is 0 Å². The maximum absolute atomic E-state index is 12.6. The Kier molecular flexibility index (Phi) is 4.39. The fourth-order valence-corrected chi connectivity index (χ4v) is 3.01. The second-order valence-electron chi connectivity index (χ2n) is 7.27. The van der Waals surface area contributed by atoms with Crippen molar-refractivity contribution in [1.29, 1.82) is 0 Å². The number of benzene rings is 1. The zero-order chi connectivity index (χ0) is 16.7. The largest absolute Gasteiger partial charge is 0.460 e. The van der Waals surface area contributed by atoms with Gasteiger partial charge in [0, 0.05) is 22.1 Å². The number of nitrogens with zero attached hydrogens (tertiary/aromatic N) is 1. The molecule has 1 aromatic carbocycles. The van der Waals surface area contributed by atoms with Gasteiger partial charge >= 0.3 is 5.97 Å². The van der Waals surface area contributed by atoms with Crippen molar-refractivity contribution in [2.24, 2.45) is 0 Å². The summed E-state index contributed by atoms with van der Waals surface area (Å²) in [7, 11) is 0. The van der Waals surface area contributed by atoms with Crippen molar-refractivity contribution >= 4 is 27.8 Å². The predicted octanol–water partition coefficient (Wildman–Crippen LogP) is 3.92. The Morgan fingerprint density at radius 1 is 1.27 bits per heavy atom. The first-order valence-electron chi connectivity index (χ1n) is 7.32. The van der Waals surface area contributed by atoms with E-state index in [0.29, 0.717) is 12.1 Å². The predicted molar refractivity (Wildman–Crippen MR) is 88.6 cm³/mol. The van der Waals surface area contributed by atoms with Gasteiger partial charge in [-0.05, 0) is 58.4 Å². The van der Waals surface area contributed by atoms with Crippen LogP contribution in [0.25, 0.3) is 0 Å². The minimum absolute atomic E-state index is 0.0314. The van der Waals surface area contributed by atoms with Gasteiger partial charge in [0.25, 0.3) is 5.91 Å². The van der Waals surface area contributed by atoms with Gasteiger partial charge in [-0.3, -0.25) is 9.59 Å². The molecule has 2 rings (SSSR count). The second-order valence-corrected chi connectivity index (χ2v) is 8.18. The summed E-state index contributed by atoms with van der Waals surface area (Å²) in [5.74, 6) is -0.321. The Labute approximate surface area is 140 Å². The monoisotopic (exact) mass is 367 g/mol. The molecule has 1 amide bonds. The maximum atomic E-state index is 12.6. The molecule has 0 aromatic heterocycles. The summed E-state index contributed by atoms with van der Waals surface area (Å²) in [5.41, 5.74) is 0.582. The van der Waals surface area contributed by atoms with Gasteiger partial charge < -0.3 is 9.64 Å². The average Bonchev–Trinajstić information content (AvgIpc) is 2.63. The molecule has 0 aliphatic carbocycles. The van der Waals surface area contributed by atoms with Crippen molar-refractivity contribution in [1.82, 2.24) is 4.90 Å². The molecule has 120 valence electrons. The molecular weight excluding hydrogens is 346 g/mol. The van der Waals surface area contributed by atoms with Gasteiger partial charge in [-0.25, -0.2) is 0 Å². The molecule has 4 nitrogen and oxygen atoms in total. The van der Waals surface area contributed by atoms with Crippen molar-refractivity contribution in [2.75, 3.05) is 0 Å². The van der Waals surface area contributed by atoms with E-state index in [9.17, 15) is 9.59 Å². The zero-order valence-corrected chi connectivity index (χ0v) is 15.3. The number of hydrogen-bond donors (Lipinski definition) is 0. The van der Waals surface area contributed by atoms with Crippen molar-refractivity contribution in [3.05, 3.63) is 33.8 Å². The highest BCUT2D eigenvalue weighted by atomic mass is 79.9. The van der Waals surface area contributed by atoms with Gasteiger partial charge in [0.15, 0.2) is 0 Å². The molecule has 0 saturated carbocycles. The van der Waals surface area contributed by atoms with Crippen LogP contribution in [0.2, 0.25) is 0 Å². The fraction of sp³-hybridized carbons (Fsp3) is 0.529. The van der Waals surface area contributed by atoms with Gasteiger partial charge in [0.2, 0.25) is 0 Å². The van der Waals surface area contributed by atoms with Gasteiger partial charge in [0.05, 0.1) is 6.42 Å². The molecule has 0 spiro atoms. The summed E-state index contributed by atoms with van der Waals surface area (Å²) in [4.78, 5) is 26.4. The number of ether oxygens (including phenoxy) is 1. The number of carbonyl (C=O) groups excluding carboxylic acids is 2. The number of esters is 1. The SMILES string of the molecule is CC(C)(C)OC(=O)CC(C)(C)N1Cc2cc(Br)ccc2C1=O. The molecule has 1 aliphatic rings. The van der Waals surface area contributed by atoms with Crippen LogP contribution >= 0.6 is 15.9 Å². The second kappa shape index (κ2) is 5.69. The molecule has 0 saturated heterocycles. The van der Waals surface area contributed by atoms with Crippen molar-refractivity contribution in [2.45, 2.75) is 58.7 Å². The summed E-state index contributed by atoms with van der Waals surface area (Å²) in [6, 6.07) is 5.64. The third-order valence-corrected chi connectivity index (χ3v) is 4.09.